The van der Waals surface area contributed by atoms with Gasteiger partial charge in [0.1, 0.15) is 6.61 Å². The van der Waals surface area contributed by atoms with E-state index in [0.29, 0.717) is 5.47 Å². The summed E-state index contributed by atoms with van der Waals surface area (Å²) >= 11 is 0. The van der Waals surface area contributed by atoms with Crippen LogP contribution in [0.5, 0.6) is 0 Å². The Balaban J connectivity index is 1.30. The maximum atomic E-state index is 14.3. The first-order valence-corrected chi connectivity index (χ1v) is 12.4. The van der Waals surface area contributed by atoms with E-state index in [1.807, 2.05) is 52.0 Å². The summed E-state index contributed by atoms with van der Waals surface area (Å²) in [5.74, 6) is -0.654. The van der Waals surface area contributed by atoms with Gasteiger partial charge in [-0.2, -0.15) is 4.39 Å². The molecule has 0 spiro atoms. The van der Waals surface area contributed by atoms with Crippen molar-refractivity contribution < 1.29 is 23.2 Å². The molecule has 0 bridgehead atoms. The van der Waals surface area contributed by atoms with Gasteiger partial charge in [-0.1, -0.05) is 54.6 Å². The van der Waals surface area contributed by atoms with E-state index in [2.05, 4.69) is 34.6 Å². The van der Waals surface area contributed by atoms with Crippen LogP contribution in [0.3, 0.4) is 0 Å². The Morgan fingerprint density at radius 1 is 1.00 bits per heavy atom. The predicted octanol–water partition coefficient (Wildman–Crippen LogP) is 5.77. The van der Waals surface area contributed by atoms with Crippen LogP contribution in [0.15, 0.2) is 72.3 Å². The fourth-order valence-corrected chi connectivity index (χ4v) is 4.73. The highest BCUT2D eigenvalue weighted by Crippen LogP contribution is 2.44. The van der Waals surface area contributed by atoms with Crippen LogP contribution < -0.4 is 5.32 Å². The lowest BCUT2D eigenvalue weighted by atomic mass is 9.77. The number of benzene rings is 2. The van der Waals surface area contributed by atoms with Crippen LogP contribution >= 0.6 is 0 Å². The molecule has 190 valence electrons. The Hall–Kier alpha value is -3.49. The molecule has 8 heteroatoms. The number of nitrogens with one attached hydrogen (secondary N) is 1. The highest BCUT2D eigenvalue weighted by Gasteiger charge is 2.52. The maximum absolute atomic E-state index is 14.3. The number of rotatable bonds is 6. The molecule has 1 aliphatic carbocycles. The van der Waals surface area contributed by atoms with E-state index in [0.717, 1.165) is 22.3 Å². The first kappa shape index (κ1) is 25.2. The minimum atomic E-state index is -0.765. The van der Waals surface area contributed by atoms with Crippen LogP contribution in [0.2, 0.25) is 0 Å². The average Bonchev–Trinajstić information content (AvgIpc) is 3.30. The summed E-state index contributed by atoms with van der Waals surface area (Å²) in [5.41, 5.74) is 4.26. The standard InChI is InChI=1S/C29H30BFN2O4/c1-28(2)29(3,4)37-30(36-28)20(16-19-10-9-15-32-26(19)31)17-33-27(34)35-18-25-23-13-7-5-11-21(23)22-12-6-8-14-24(22)25/h5-16,25H,17-18H2,1-4H3,(H,33,34). The van der Waals surface area contributed by atoms with Crippen molar-refractivity contribution in [3.8, 4) is 11.1 Å². The summed E-state index contributed by atoms with van der Waals surface area (Å²) < 4.78 is 32.3. The van der Waals surface area contributed by atoms with Gasteiger partial charge in [0, 0.05) is 24.2 Å². The number of carbonyl (C=O) groups excluding carboxylic acids is 1. The number of amides is 1. The zero-order valence-corrected chi connectivity index (χ0v) is 21.5. The Morgan fingerprint density at radius 2 is 1.59 bits per heavy atom. The maximum Gasteiger partial charge on any atom is 0.492 e. The normalized spacial score (nSPS) is 17.9. The number of halogens is 1. The monoisotopic (exact) mass is 500 g/mol. The molecule has 0 radical (unpaired) electrons. The number of hydrogen-bond acceptors (Lipinski definition) is 5. The molecule has 0 atom stereocenters. The number of ether oxygens (including phenoxy) is 1. The number of alkyl carbamates (subject to hydrolysis) is 1. The molecular weight excluding hydrogens is 470 g/mol. The van der Waals surface area contributed by atoms with Crippen molar-refractivity contribution in [2.45, 2.75) is 44.8 Å². The van der Waals surface area contributed by atoms with Gasteiger partial charge < -0.3 is 19.4 Å². The molecule has 6 nitrogen and oxygen atoms in total. The third-order valence-corrected chi connectivity index (χ3v) is 7.47. The second kappa shape index (κ2) is 9.76. The Morgan fingerprint density at radius 3 is 2.19 bits per heavy atom. The molecule has 2 aromatic carbocycles. The third kappa shape index (κ3) is 4.91. The van der Waals surface area contributed by atoms with Crippen molar-refractivity contribution in [3.05, 3.63) is 95.0 Å². The van der Waals surface area contributed by atoms with Crippen molar-refractivity contribution >= 4 is 19.3 Å². The zero-order chi connectivity index (χ0) is 26.2. The van der Waals surface area contributed by atoms with Gasteiger partial charge in [0.2, 0.25) is 5.95 Å². The van der Waals surface area contributed by atoms with Gasteiger partial charge in [0.15, 0.2) is 0 Å². The first-order valence-electron chi connectivity index (χ1n) is 12.4. The molecule has 1 aromatic heterocycles. The largest absolute Gasteiger partial charge is 0.492 e. The number of carbonyl (C=O) groups is 1. The minimum absolute atomic E-state index is 0.0410. The van der Waals surface area contributed by atoms with Gasteiger partial charge in [0.25, 0.3) is 0 Å². The molecule has 1 fully saturated rings. The molecule has 5 rings (SSSR count). The van der Waals surface area contributed by atoms with Crippen molar-refractivity contribution in [2.24, 2.45) is 0 Å². The van der Waals surface area contributed by atoms with Gasteiger partial charge >= 0.3 is 13.2 Å². The smallest absolute Gasteiger partial charge is 0.449 e. The molecule has 0 saturated carbocycles. The minimum Gasteiger partial charge on any atom is -0.449 e. The SMILES string of the molecule is CC1(C)OB(C(=Cc2cccnc2F)CNC(=O)OCC2c3ccccc3-c3ccccc32)OC1(C)C. The van der Waals surface area contributed by atoms with E-state index >= 15 is 0 Å². The van der Waals surface area contributed by atoms with Crippen LogP contribution in [0.25, 0.3) is 17.2 Å². The van der Waals surface area contributed by atoms with Crippen LogP contribution in [-0.4, -0.2) is 42.5 Å². The van der Waals surface area contributed by atoms with Crippen molar-refractivity contribution in [1.29, 1.82) is 0 Å². The van der Waals surface area contributed by atoms with Gasteiger partial charge in [-0.05, 0) is 67.6 Å². The van der Waals surface area contributed by atoms with Gasteiger partial charge in [-0.3, -0.25) is 0 Å². The van der Waals surface area contributed by atoms with Crippen molar-refractivity contribution in [3.63, 3.8) is 0 Å². The second-order valence-electron chi connectivity index (χ2n) is 10.4. The molecule has 37 heavy (non-hydrogen) atoms. The van der Waals surface area contributed by atoms with E-state index in [1.54, 1.807) is 18.2 Å². The molecular formula is C29H30BFN2O4. The topological polar surface area (TPSA) is 69.7 Å². The molecule has 1 aliphatic heterocycles. The zero-order valence-electron chi connectivity index (χ0n) is 21.5. The first-order chi connectivity index (χ1) is 17.7. The number of pyridine rings is 1. The lowest BCUT2D eigenvalue weighted by molar-refractivity contribution is 0.00578. The molecule has 1 saturated heterocycles. The Kier molecular flexibility index (Phi) is 6.64. The third-order valence-electron chi connectivity index (χ3n) is 7.47. The fourth-order valence-electron chi connectivity index (χ4n) is 4.73. The quantitative estimate of drug-likeness (QED) is 0.344. The van der Waals surface area contributed by atoms with Gasteiger partial charge in [0.05, 0.1) is 11.2 Å². The second-order valence-corrected chi connectivity index (χ2v) is 10.4. The molecule has 1 amide bonds. The summed E-state index contributed by atoms with van der Waals surface area (Å²) in [6.45, 7) is 8.01. The van der Waals surface area contributed by atoms with Crippen molar-refractivity contribution in [2.75, 3.05) is 13.2 Å². The number of aromatic nitrogens is 1. The summed E-state index contributed by atoms with van der Waals surface area (Å²) in [6.07, 6.45) is 2.42. The van der Waals surface area contributed by atoms with Gasteiger partial charge in [-0.15, -0.1) is 0 Å². The van der Waals surface area contributed by atoms with E-state index in [4.69, 9.17) is 14.0 Å². The molecule has 0 unspecified atom stereocenters. The van der Waals surface area contributed by atoms with Crippen LogP contribution in [0, 0.1) is 5.95 Å². The van der Waals surface area contributed by atoms with Crippen molar-refractivity contribution in [1.82, 2.24) is 10.3 Å². The molecule has 1 N–H and O–H groups in total. The number of fused-ring (bicyclic) bond motifs is 3. The highest BCUT2D eigenvalue weighted by molar-refractivity contribution is 6.56. The van der Waals surface area contributed by atoms with E-state index in [9.17, 15) is 9.18 Å². The summed E-state index contributed by atoms with van der Waals surface area (Å²) in [4.78, 5) is 16.5. The summed E-state index contributed by atoms with van der Waals surface area (Å²) in [6, 6.07) is 19.6. The number of hydrogen-bond donors (Lipinski definition) is 1. The van der Waals surface area contributed by atoms with Crippen LogP contribution in [-0.2, 0) is 14.0 Å². The summed E-state index contributed by atoms with van der Waals surface area (Å²) in [7, 11) is -0.765. The van der Waals surface area contributed by atoms with E-state index in [-0.39, 0.29) is 24.6 Å². The van der Waals surface area contributed by atoms with Crippen LogP contribution in [0.4, 0.5) is 9.18 Å². The van der Waals surface area contributed by atoms with E-state index < -0.39 is 30.4 Å². The molecule has 2 aliphatic rings. The van der Waals surface area contributed by atoms with E-state index in [1.165, 1.54) is 6.20 Å². The van der Waals surface area contributed by atoms with Gasteiger partial charge in [-0.25, -0.2) is 9.78 Å². The highest BCUT2D eigenvalue weighted by atomic mass is 19.1. The van der Waals surface area contributed by atoms with Crippen LogP contribution in [0.1, 0.15) is 50.3 Å². The molecule has 3 aromatic rings. The lowest BCUT2D eigenvalue weighted by Gasteiger charge is -2.32. The fraction of sp³-hybridized carbons (Fsp3) is 0.310. The lowest BCUT2D eigenvalue weighted by Crippen LogP contribution is -2.41. The number of nitrogens with zero attached hydrogens (tertiary/aromatic N) is 1. The summed E-state index contributed by atoms with van der Waals surface area (Å²) in [5, 5.41) is 2.79. The Bertz CT molecular complexity index is 1300. The molecule has 2 heterocycles. The Labute approximate surface area is 217 Å². The predicted molar refractivity (Wildman–Crippen MR) is 141 cm³/mol. The average molecular weight is 500 g/mol.